The van der Waals surface area contributed by atoms with Gasteiger partial charge in [0.05, 0.1) is 16.8 Å². The van der Waals surface area contributed by atoms with Crippen LogP contribution in [-0.2, 0) is 6.42 Å². The van der Waals surface area contributed by atoms with Gasteiger partial charge in [0.2, 0.25) is 0 Å². The number of hydrogen-bond acceptors (Lipinski definition) is 3. The summed E-state index contributed by atoms with van der Waals surface area (Å²) in [5, 5.41) is 22.2. The van der Waals surface area contributed by atoms with Gasteiger partial charge in [0.25, 0.3) is 0 Å². The second kappa shape index (κ2) is 7.03. The van der Waals surface area contributed by atoms with Gasteiger partial charge in [-0.15, -0.1) is 5.75 Å². The van der Waals surface area contributed by atoms with E-state index >= 15 is 0 Å². The van der Waals surface area contributed by atoms with Gasteiger partial charge in [0, 0.05) is 5.39 Å². The standard InChI is InChI=1S/C25H25NO3/c1-25(2,3)17-13-16(12-15-8-10-18(27)11-9-15)23-20(14-17)22(24(28)29)19-6-4-5-7-21(19)26-23/h4-12,17,27H,13-14H2,1-3H3,(H,28,29)/p-1/b16-12+/t17-/m0/s1. The van der Waals surface area contributed by atoms with Crippen molar-refractivity contribution in [2.45, 2.75) is 33.6 Å². The molecule has 0 radical (unpaired) electrons. The predicted octanol–water partition coefficient (Wildman–Crippen LogP) is 5.16. The van der Waals surface area contributed by atoms with Crippen LogP contribution in [0.5, 0.6) is 5.75 Å². The Balaban J connectivity index is 1.99. The second-order valence-corrected chi connectivity index (χ2v) is 8.85. The Morgan fingerprint density at radius 2 is 1.79 bits per heavy atom. The number of para-hydroxylation sites is 1. The average molecular weight is 386 g/mol. The molecule has 4 rings (SSSR count). The maximum Gasteiger partial charge on any atom is 0.336 e. The molecule has 1 heterocycles. The van der Waals surface area contributed by atoms with Crippen LogP contribution in [0.4, 0.5) is 0 Å². The summed E-state index contributed by atoms with van der Waals surface area (Å²) in [5.74, 6) is -0.647. The van der Waals surface area contributed by atoms with Crippen LogP contribution in [0.1, 0.15) is 54.4 Å². The Hall–Kier alpha value is -3.14. The van der Waals surface area contributed by atoms with Crippen LogP contribution in [0.15, 0.2) is 48.5 Å². The number of rotatable bonds is 2. The first-order valence-electron chi connectivity index (χ1n) is 9.87. The lowest BCUT2D eigenvalue weighted by atomic mass is 9.69. The lowest BCUT2D eigenvalue weighted by molar-refractivity contribution is -0.268. The van der Waals surface area contributed by atoms with Crippen molar-refractivity contribution < 1.29 is 15.0 Å². The Labute approximate surface area is 170 Å². The SMILES string of the molecule is CC(C)(C)[C@H]1C/C(=C\c2ccc([O-])cc2)c2nc3ccccc3c(C(=O)O)c2C1. The first-order chi connectivity index (χ1) is 13.7. The van der Waals surface area contributed by atoms with Crippen molar-refractivity contribution in [2.75, 3.05) is 0 Å². The summed E-state index contributed by atoms with van der Waals surface area (Å²) >= 11 is 0. The molecule has 1 aliphatic rings. The van der Waals surface area contributed by atoms with Crippen LogP contribution < -0.4 is 5.11 Å². The predicted molar refractivity (Wildman–Crippen MR) is 114 cm³/mol. The van der Waals surface area contributed by atoms with E-state index in [-0.39, 0.29) is 11.2 Å². The molecule has 0 amide bonds. The molecule has 0 saturated carbocycles. The minimum absolute atomic E-state index is 0.0249. The van der Waals surface area contributed by atoms with Gasteiger partial charge >= 0.3 is 5.97 Å². The van der Waals surface area contributed by atoms with Gasteiger partial charge in [-0.2, -0.15) is 0 Å². The number of nitrogens with zero attached hydrogens (tertiary/aromatic N) is 1. The van der Waals surface area contributed by atoms with Crippen LogP contribution in [-0.4, -0.2) is 16.1 Å². The third-order valence-electron chi connectivity index (χ3n) is 5.87. The molecular formula is C25H24NO3-. The molecule has 0 saturated heterocycles. The monoisotopic (exact) mass is 386 g/mol. The Morgan fingerprint density at radius 3 is 2.45 bits per heavy atom. The van der Waals surface area contributed by atoms with Crippen molar-refractivity contribution in [3.8, 4) is 5.75 Å². The minimum atomic E-state index is -0.913. The molecule has 1 aliphatic carbocycles. The number of carbonyl (C=O) groups is 1. The summed E-state index contributed by atoms with van der Waals surface area (Å²) in [6.45, 7) is 6.59. The molecule has 0 spiro atoms. The summed E-state index contributed by atoms with van der Waals surface area (Å²) in [5.41, 5.74) is 4.61. The smallest absolute Gasteiger partial charge is 0.336 e. The maximum absolute atomic E-state index is 12.3. The van der Waals surface area contributed by atoms with Crippen molar-refractivity contribution in [3.05, 3.63) is 70.9 Å². The van der Waals surface area contributed by atoms with Gasteiger partial charge in [-0.05, 0) is 53.0 Å². The normalized spacial score (nSPS) is 18.0. The highest BCUT2D eigenvalue weighted by Gasteiger charge is 2.35. The molecule has 1 atom stereocenters. The van der Waals surface area contributed by atoms with Crippen molar-refractivity contribution in [3.63, 3.8) is 0 Å². The number of pyridine rings is 1. The van der Waals surface area contributed by atoms with Crippen LogP contribution >= 0.6 is 0 Å². The van der Waals surface area contributed by atoms with Gasteiger partial charge in [-0.3, -0.25) is 0 Å². The van der Waals surface area contributed by atoms with Crippen molar-refractivity contribution in [1.82, 2.24) is 4.98 Å². The van der Waals surface area contributed by atoms with Gasteiger partial charge in [-0.25, -0.2) is 9.78 Å². The zero-order valence-electron chi connectivity index (χ0n) is 16.9. The van der Waals surface area contributed by atoms with Gasteiger partial charge in [-0.1, -0.05) is 63.2 Å². The highest BCUT2D eigenvalue weighted by Crippen LogP contribution is 2.44. The van der Waals surface area contributed by atoms with Crippen molar-refractivity contribution in [2.24, 2.45) is 11.3 Å². The Bertz CT molecular complexity index is 1120. The minimum Gasteiger partial charge on any atom is -0.872 e. The number of carboxylic acid groups (broad SMARTS) is 1. The largest absolute Gasteiger partial charge is 0.872 e. The molecule has 0 bridgehead atoms. The lowest BCUT2D eigenvalue weighted by Crippen LogP contribution is -2.28. The molecule has 2 aromatic carbocycles. The molecule has 4 nitrogen and oxygen atoms in total. The molecule has 0 unspecified atom stereocenters. The van der Waals surface area contributed by atoms with Crippen molar-refractivity contribution >= 4 is 28.5 Å². The number of benzene rings is 2. The number of aromatic nitrogens is 1. The Morgan fingerprint density at radius 1 is 1.10 bits per heavy atom. The number of hydrogen-bond donors (Lipinski definition) is 1. The molecule has 0 fully saturated rings. The van der Waals surface area contributed by atoms with E-state index in [1.165, 1.54) is 0 Å². The van der Waals surface area contributed by atoms with Crippen LogP contribution in [0.25, 0.3) is 22.6 Å². The van der Waals surface area contributed by atoms with Gasteiger partial charge < -0.3 is 10.2 Å². The molecular weight excluding hydrogens is 362 g/mol. The molecule has 1 N–H and O–H groups in total. The van der Waals surface area contributed by atoms with E-state index in [1.807, 2.05) is 30.3 Å². The van der Waals surface area contributed by atoms with Gasteiger partial charge in [0.15, 0.2) is 0 Å². The summed E-state index contributed by atoms with van der Waals surface area (Å²) in [6, 6.07) is 14.1. The summed E-state index contributed by atoms with van der Waals surface area (Å²) in [4.78, 5) is 17.1. The fraction of sp³-hybridized carbons (Fsp3) is 0.280. The highest BCUT2D eigenvalue weighted by molar-refractivity contribution is 6.06. The highest BCUT2D eigenvalue weighted by atomic mass is 16.4. The van der Waals surface area contributed by atoms with Gasteiger partial charge in [0.1, 0.15) is 0 Å². The van der Waals surface area contributed by atoms with Crippen molar-refractivity contribution in [1.29, 1.82) is 0 Å². The average Bonchev–Trinajstić information content (AvgIpc) is 2.67. The second-order valence-electron chi connectivity index (χ2n) is 8.85. The van der Waals surface area contributed by atoms with E-state index in [9.17, 15) is 15.0 Å². The Kier molecular flexibility index (Phi) is 4.65. The molecule has 0 aliphatic heterocycles. The number of aromatic carboxylic acids is 1. The number of fused-ring (bicyclic) bond motifs is 2. The fourth-order valence-electron chi connectivity index (χ4n) is 4.15. The lowest BCUT2D eigenvalue weighted by Gasteiger charge is -2.36. The topological polar surface area (TPSA) is 73.2 Å². The van der Waals surface area contributed by atoms with E-state index in [4.69, 9.17) is 4.98 Å². The quantitative estimate of drug-likeness (QED) is 0.660. The summed E-state index contributed by atoms with van der Waals surface area (Å²) in [7, 11) is 0. The third-order valence-corrected chi connectivity index (χ3v) is 5.87. The first kappa shape index (κ1) is 19.2. The fourth-order valence-corrected chi connectivity index (χ4v) is 4.15. The zero-order chi connectivity index (χ0) is 20.8. The first-order valence-corrected chi connectivity index (χ1v) is 9.87. The molecule has 1 aromatic heterocycles. The van der Waals surface area contributed by atoms with Crippen LogP contribution in [0, 0.1) is 11.3 Å². The molecule has 4 heteroatoms. The molecule has 29 heavy (non-hydrogen) atoms. The van der Waals surface area contributed by atoms with Crippen LogP contribution in [0.3, 0.4) is 0 Å². The van der Waals surface area contributed by atoms with E-state index < -0.39 is 5.97 Å². The third kappa shape index (κ3) is 3.63. The summed E-state index contributed by atoms with van der Waals surface area (Å²) in [6.07, 6.45) is 3.55. The van der Waals surface area contributed by atoms with Crippen LogP contribution in [0.2, 0.25) is 0 Å². The van der Waals surface area contributed by atoms with E-state index in [2.05, 4.69) is 20.8 Å². The summed E-state index contributed by atoms with van der Waals surface area (Å²) < 4.78 is 0. The molecule has 148 valence electrons. The maximum atomic E-state index is 12.3. The van der Waals surface area contributed by atoms with E-state index in [1.54, 1.807) is 24.3 Å². The molecule has 3 aromatic rings. The zero-order valence-corrected chi connectivity index (χ0v) is 16.9. The van der Waals surface area contributed by atoms with E-state index in [0.29, 0.717) is 28.8 Å². The number of carboxylic acids is 1. The van der Waals surface area contributed by atoms with E-state index in [0.717, 1.165) is 28.8 Å². The number of allylic oxidation sites excluding steroid dienone is 1.